The van der Waals surface area contributed by atoms with Crippen molar-refractivity contribution in [1.29, 1.82) is 0 Å². The molecule has 0 spiro atoms. The number of Topliss-reactive ketones (excluding diaryl/α,β-unsaturated/α-hetero) is 1. The van der Waals surface area contributed by atoms with E-state index in [-0.39, 0.29) is 23.2 Å². The number of ketones is 1. The highest BCUT2D eigenvalue weighted by molar-refractivity contribution is 5.98. The summed E-state index contributed by atoms with van der Waals surface area (Å²) >= 11 is 0. The Morgan fingerprint density at radius 3 is 1.97 bits per heavy atom. The molecule has 35 heavy (non-hydrogen) atoms. The molecule has 1 fully saturated rings. The van der Waals surface area contributed by atoms with Crippen molar-refractivity contribution in [2.45, 2.75) is 92.0 Å². The average molecular weight is 476 g/mol. The van der Waals surface area contributed by atoms with Crippen molar-refractivity contribution in [2.24, 2.45) is 0 Å². The number of aromatic hydroxyl groups is 1. The summed E-state index contributed by atoms with van der Waals surface area (Å²) in [7, 11) is 0. The van der Waals surface area contributed by atoms with Crippen LogP contribution in [0.1, 0.15) is 93.4 Å². The zero-order valence-electron chi connectivity index (χ0n) is 22.7. The van der Waals surface area contributed by atoms with E-state index in [0.717, 1.165) is 54.0 Å². The first-order chi connectivity index (χ1) is 16.3. The number of hydrogen-bond donors (Lipinski definition) is 1. The Kier molecular flexibility index (Phi) is 6.50. The van der Waals surface area contributed by atoms with Crippen LogP contribution in [0.15, 0.2) is 24.3 Å². The Balaban J connectivity index is 1.83. The minimum Gasteiger partial charge on any atom is -0.507 e. The summed E-state index contributed by atoms with van der Waals surface area (Å²) in [6.45, 7) is 18.8. The molecule has 2 heterocycles. The van der Waals surface area contributed by atoms with Gasteiger partial charge in [0.05, 0.1) is 17.6 Å². The second-order valence-electron chi connectivity index (χ2n) is 12.3. The van der Waals surface area contributed by atoms with Crippen LogP contribution < -0.4 is 4.90 Å². The van der Waals surface area contributed by atoms with Crippen LogP contribution in [0, 0.1) is 13.8 Å². The minimum absolute atomic E-state index is 0.0387. The molecule has 2 aromatic carbocycles. The molecular weight excluding hydrogens is 434 g/mol. The topological polar surface area (TPSA) is 58.4 Å². The van der Waals surface area contributed by atoms with Gasteiger partial charge in [-0.15, -0.1) is 0 Å². The molecule has 0 bridgehead atoms. The number of phenolic OH excluding ortho intramolecular Hbond substituents is 1. The van der Waals surface area contributed by atoms with Crippen LogP contribution in [0.2, 0.25) is 0 Å². The van der Waals surface area contributed by atoms with Crippen molar-refractivity contribution in [1.82, 2.24) is 9.55 Å². The van der Waals surface area contributed by atoms with Crippen LogP contribution in [-0.4, -0.2) is 33.5 Å². The van der Waals surface area contributed by atoms with Gasteiger partial charge in [-0.05, 0) is 79.3 Å². The molecular formula is C30H41N3O2. The van der Waals surface area contributed by atoms with E-state index in [9.17, 15) is 9.90 Å². The van der Waals surface area contributed by atoms with Gasteiger partial charge >= 0.3 is 0 Å². The zero-order valence-corrected chi connectivity index (χ0v) is 22.7. The molecule has 1 N–H and O–H groups in total. The Hall–Kier alpha value is -2.82. The van der Waals surface area contributed by atoms with Gasteiger partial charge in [0.1, 0.15) is 5.75 Å². The van der Waals surface area contributed by atoms with E-state index in [1.807, 2.05) is 12.1 Å². The maximum atomic E-state index is 13.9. The summed E-state index contributed by atoms with van der Waals surface area (Å²) in [5.74, 6) is 1.23. The lowest BCUT2D eigenvalue weighted by Gasteiger charge is -2.29. The van der Waals surface area contributed by atoms with Crippen molar-refractivity contribution in [2.75, 3.05) is 18.0 Å². The van der Waals surface area contributed by atoms with Gasteiger partial charge in [-0.2, -0.15) is 0 Å². The van der Waals surface area contributed by atoms with E-state index in [2.05, 4.69) is 77.0 Å². The number of nitrogens with zero attached hydrogens (tertiary/aromatic N) is 3. The Bertz CT molecular complexity index is 1230. The molecule has 1 aromatic heterocycles. The fourth-order valence-electron chi connectivity index (χ4n) is 5.03. The highest BCUT2D eigenvalue weighted by atomic mass is 16.3. The number of aryl methyl sites for hydroxylation is 2. The first-order valence-electron chi connectivity index (χ1n) is 12.9. The lowest BCUT2D eigenvalue weighted by molar-refractivity contribution is 0.0973. The third-order valence-electron chi connectivity index (χ3n) is 7.33. The van der Waals surface area contributed by atoms with Crippen LogP contribution in [0.25, 0.3) is 11.0 Å². The quantitative estimate of drug-likeness (QED) is 0.420. The monoisotopic (exact) mass is 475 g/mol. The number of benzene rings is 2. The van der Waals surface area contributed by atoms with E-state index < -0.39 is 0 Å². The standard InChI is InChI=1S/C30H41N3O2/c1-19-14-24-25(15-20(19)2)33(28(31-24)32-12-10-9-11-13-32)18-26(34)21-16-22(29(3,4)5)27(35)23(17-21)30(6,7)8/h14-17,35H,9-13,18H2,1-8H3. The summed E-state index contributed by atoms with van der Waals surface area (Å²) in [5, 5.41) is 11.1. The van der Waals surface area contributed by atoms with Crippen molar-refractivity contribution in [3.05, 3.63) is 52.1 Å². The molecule has 4 rings (SSSR count). The van der Waals surface area contributed by atoms with Gasteiger partial charge in [0.15, 0.2) is 5.78 Å². The molecule has 0 aliphatic carbocycles. The Morgan fingerprint density at radius 1 is 0.886 bits per heavy atom. The van der Waals surface area contributed by atoms with E-state index >= 15 is 0 Å². The lowest BCUT2D eigenvalue weighted by atomic mass is 9.78. The van der Waals surface area contributed by atoms with E-state index in [1.54, 1.807) is 0 Å². The molecule has 3 aromatic rings. The molecule has 5 heteroatoms. The van der Waals surface area contributed by atoms with Crippen LogP contribution in [0.5, 0.6) is 5.75 Å². The predicted molar refractivity (Wildman–Crippen MR) is 145 cm³/mol. The van der Waals surface area contributed by atoms with Crippen molar-refractivity contribution in [3.63, 3.8) is 0 Å². The van der Waals surface area contributed by atoms with Crippen LogP contribution in [0.3, 0.4) is 0 Å². The highest BCUT2D eigenvalue weighted by Crippen LogP contribution is 2.40. The van der Waals surface area contributed by atoms with Crippen molar-refractivity contribution >= 4 is 22.8 Å². The summed E-state index contributed by atoms with van der Waals surface area (Å²) in [6, 6.07) is 8.08. The fourth-order valence-corrected chi connectivity index (χ4v) is 5.03. The first kappa shape index (κ1) is 25.3. The van der Waals surface area contributed by atoms with E-state index in [4.69, 9.17) is 4.98 Å². The van der Waals surface area contributed by atoms with Crippen LogP contribution in [-0.2, 0) is 17.4 Å². The fraction of sp³-hybridized carbons (Fsp3) is 0.533. The molecule has 0 saturated carbocycles. The largest absolute Gasteiger partial charge is 0.507 e. The second kappa shape index (κ2) is 9.00. The number of phenols is 1. The van der Waals surface area contributed by atoms with E-state index in [0.29, 0.717) is 11.3 Å². The molecule has 188 valence electrons. The van der Waals surface area contributed by atoms with E-state index in [1.165, 1.54) is 17.5 Å². The summed E-state index contributed by atoms with van der Waals surface area (Å²) < 4.78 is 2.11. The number of aromatic nitrogens is 2. The third kappa shape index (κ3) is 4.96. The van der Waals surface area contributed by atoms with Gasteiger partial charge in [-0.25, -0.2) is 4.98 Å². The lowest BCUT2D eigenvalue weighted by Crippen LogP contribution is -2.32. The number of carbonyl (C=O) groups is 1. The molecule has 0 amide bonds. The Morgan fingerprint density at radius 2 is 1.43 bits per heavy atom. The molecule has 5 nitrogen and oxygen atoms in total. The molecule has 0 unspecified atom stereocenters. The maximum Gasteiger partial charge on any atom is 0.206 e. The highest BCUT2D eigenvalue weighted by Gasteiger charge is 2.29. The maximum absolute atomic E-state index is 13.9. The van der Waals surface area contributed by atoms with Crippen molar-refractivity contribution in [3.8, 4) is 5.75 Å². The molecule has 1 saturated heterocycles. The third-order valence-corrected chi connectivity index (χ3v) is 7.33. The minimum atomic E-state index is -0.282. The number of piperidine rings is 1. The number of rotatable bonds is 4. The molecule has 0 radical (unpaired) electrons. The summed E-state index contributed by atoms with van der Waals surface area (Å²) in [6.07, 6.45) is 3.54. The second-order valence-corrected chi connectivity index (χ2v) is 12.3. The first-order valence-corrected chi connectivity index (χ1v) is 12.9. The summed E-state index contributed by atoms with van der Waals surface area (Å²) in [5.41, 5.74) is 6.07. The Labute approximate surface area is 210 Å². The average Bonchev–Trinajstić information content (AvgIpc) is 3.10. The van der Waals surface area contributed by atoms with Gasteiger partial charge in [0.2, 0.25) is 5.95 Å². The SMILES string of the molecule is Cc1cc2nc(N3CCCCC3)n(CC(=O)c3cc(C(C)(C)C)c(O)c(C(C)(C)C)c3)c2cc1C. The number of anilines is 1. The van der Waals surface area contributed by atoms with Gasteiger partial charge in [0.25, 0.3) is 0 Å². The zero-order chi connectivity index (χ0) is 25.7. The van der Waals surface area contributed by atoms with Gasteiger partial charge in [0, 0.05) is 29.8 Å². The van der Waals surface area contributed by atoms with Gasteiger partial charge < -0.3 is 14.6 Å². The smallest absolute Gasteiger partial charge is 0.206 e. The van der Waals surface area contributed by atoms with Crippen molar-refractivity contribution < 1.29 is 9.90 Å². The molecule has 1 aliphatic heterocycles. The number of fused-ring (bicyclic) bond motifs is 1. The normalized spacial score (nSPS) is 15.1. The molecule has 1 aliphatic rings. The van der Waals surface area contributed by atoms with Crippen LogP contribution >= 0.6 is 0 Å². The summed E-state index contributed by atoms with van der Waals surface area (Å²) in [4.78, 5) is 21.2. The number of hydrogen-bond acceptors (Lipinski definition) is 4. The number of carbonyl (C=O) groups excluding carboxylic acids is 1. The number of imidazole rings is 1. The van der Waals surface area contributed by atoms with Crippen LogP contribution in [0.4, 0.5) is 5.95 Å². The molecule has 0 atom stereocenters. The van der Waals surface area contributed by atoms with Gasteiger partial charge in [-0.3, -0.25) is 4.79 Å². The predicted octanol–water partition coefficient (Wildman–Crippen LogP) is 6.83. The van der Waals surface area contributed by atoms with Gasteiger partial charge in [-0.1, -0.05) is 41.5 Å².